The third-order valence-electron chi connectivity index (χ3n) is 1.55. The van der Waals surface area contributed by atoms with Crippen LogP contribution in [0.5, 0.6) is 0 Å². The summed E-state index contributed by atoms with van der Waals surface area (Å²) in [6.45, 7) is -1.25. The Morgan fingerprint density at radius 2 is 2.06 bits per heavy atom. The molecule has 0 amide bonds. The summed E-state index contributed by atoms with van der Waals surface area (Å²) < 4.78 is 39.6. The van der Waals surface area contributed by atoms with Gasteiger partial charge in [0.15, 0.2) is 0 Å². The molecule has 0 saturated carbocycles. The van der Waals surface area contributed by atoms with Crippen molar-refractivity contribution in [2.75, 3.05) is 18.3 Å². The fourth-order valence-corrected chi connectivity index (χ4v) is 1.78. The molecule has 0 unspecified atom stereocenters. The van der Waals surface area contributed by atoms with Crippen LogP contribution in [-0.4, -0.2) is 18.7 Å². The second-order valence-electron chi connectivity index (χ2n) is 2.91. The molecule has 0 heterocycles. The molecule has 1 rings (SSSR count). The number of ether oxygens (including phenoxy) is 1. The van der Waals surface area contributed by atoms with Crippen LogP contribution in [0.4, 0.5) is 18.9 Å². The average Bonchev–Trinajstić information content (AvgIpc) is 2.17. The van der Waals surface area contributed by atoms with Gasteiger partial charge in [-0.05, 0) is 18.2 Å². The van der Waals surface area contributed by atoms with Crippen molar-refractivity contribution in [1.29, 1.82) is 0 Å². The highest BCUT2D eigenvalue weighted by Gasteiger charge is 2.27. The normalized spacial score (nSPS) is 11.8. The summed E-state index contributed by atoms with van der Waals surface area (Å²) in [4.78, 5) is 0.710. The lowest BCUT2D eigenvalue weighted by molar-refractivity contribution is -0.168. The lowest BCUT2D eigenvalue weighted by Crippen LogP contribution is -2.16. The monoisotopic (exact) mass is 271 g/mol. The van der Waals surface area contributed by atoms with Crippen molar-refractivity contribution in [3.8, 4) is 0 Å². The van der Waals surface area contributed by atoms with Crippen molar-refractivity contribution in [2.24, 2.45) is 0 Å². The summed E-state index contributed by atoms with van der Waals surface area (Å²) in [5.41, 5.74) is 5.91. The molecule has 0 bridgehead atoms. The van der Waals surface area contributed by atoms with Gasteiger partial charge < -0.3 is 10.5 Å². The van der Waals surface area contributed by atoms with Crippen LogP contribution in [0.2, 0.25) is 5.02 Å². The van der Waals surface area contributed by atoms with Gasteiger partial charge in [-0.25, -0.2) is 0 Å². The fraction of sp³-hybridized carbons (Fsp3) is 0.333. The maximum absolute atomic E-state index is 11.7. The molecule has 0 aliphatic rings. The van der Waals surface area contributed by atoms with Gasteiger partial charge in [-0.1, -0.05) is 23.4 Å². The number of anilines is 1. The lowest BCUT2D eigenvalue weighted by Gasteiger charge is -2.07. The molecule has 0 aliphatic heterocycles. The van der Waals surface area contributed by atoms with E-state index in [4.69, 9.17) is 17.3 Å². The molecule has 0 radical (unpaired) electrons. The van der Waals surface area contributed by atoms with Gasteiger partial charge in [-0.15, -0.1) is 0 Å². The molecule has 16 heavy (non-hydrogen) atoms. The predicted molar refractivity (Wildman–Crippen MR) is 58.6 cm³/mol. The summed E-state index contributed by atoms with van der Waals surface area (Å²) in [5, 5.41) is 0.376. The molecule has 2 nitrogen and oxygen atoms in total. The SMILES string of the molecule is Nc1ccc(SCOCC(F)(F)F)cc1Cl. The highest BCUT2D eigenvalue weighted by Crippen LogP contribution is 2.26. The number of hydrogen-bond donors (Lipinski definition) is 1. The highest BCUT2D eigenvalue weighted by atomic mass is 35.5. The van der Waals surface area contributed by atoms with Crippen LogP contribution in [0.1, 0.15) is 0 Å². The Morgan fingerprint density at radius 1 is 1.38 bits per heavy atom. The van der Waals surface area contributed by atoms with Crippen LogP contribution < -0.4 is 5.73 Å². The third-order valence-corrected chi connectivity index (χ3v) is 2.75. The van der Waals surface area contributed by atoms with Crippen LogP contribution in [0.15, 0.2) is 23.1 Å². The first-order valence-corrected chi connectivity index (χ1v) is 5.57. The van der Waals surface area contributed by atoms with Crippen molar-refractivity contribution in [3.05, 3.63) is 23.2 Å². The van der Waals surface area contributed by atoms with Crippen LogP contribution in [0, 0.1) is 0 Å². The zero-order valence-electron chi connectivity index (χ0n) is 8.05. The second kappa shape index (κ2) is 5.65. The van der Waals surface area contributed by atoms with Crippen LogP contribution in [-0.2, 0) is 4.74 Å². The van der Waals surface area contributed by atoms with Gasteiger partial charge in [0.05, 0.1) is 16.6 Å². The molecular weight excluding hydrogens is 263 g/mol. The molecule has 1 aromatic rings. The number of rotatable bonds is 4. The van der Waals surface area contributed by atoms with Crippen molar-refractivity contribution >= 4 is 29.1 Å². The van der Waals surface area contributed by atoms with E-state index < -0.39 is 12.8 Å². The van der Waals surface area contributed by atoms with Gasteiger partial charge in [0.25, 0.3) is 0 Å². The maximum Gasteiger partial charge on any atom is 0.411 e. The zero-order chi connectivity index (χ0) is 12.2. The minimum Gasteiger partial charge on any atom is -0.398 e. The smallest absolute Gasteiger partial charge is 0.398 e. The first-order valence-electron chi connectivity index (χ1n) is 4.21. The van der Waals surface area contributed by atoms with Gasteiger partial charge in [0, 0.05) is 4.90 Å². The molecular formula is C9H9ClF3NOS. The van der Waals surface area contributed by atoms with E-state index in [0.29, 0.717) is 15.6 Å². The Bertz CT molecular complexity index is 359. The molecule has 90 valence electrons. The quantitative estimate of drug-likeness (QED) is 0.394. The summed E-state index contributed by atoms with van der Waals surface area (Å²) in [6.07, 6.45) is -4.29. The Balaban J connectivity index is 2.35. The zero-order valence-corrected chi connectivity index (χ0v) is 9.62. The van der Waals surface area contributed by atoms with E-state index in [9.17, 15) is 13.2 Å². The summed E-state index contributed by atoms with van der Waals surface area (Å²) in [5.74, 6) is -0.0836. The number of benzene rings is 1. The van der Waals surface area contributed by atoms with Gasteiger partial charge in [-0.2, -0.15) is 13.2 Å². The third kappa shape index (κ3) is 4.96. The van der Waals surface area contributed by atoms with E-state index in [1.54, 1.807) is 18.2 Å². The number of hydrogen-bond acceptors (Lipinski definition) is 3. The van der Waals surface area contributed by atoms with Crippen molar-refractivity contribution in [3.63, 3.8) is 0 Å². The van der Waals surface area contributed by atoms with Crippen molar-refractivity contribution < 1.29 is 17.9 Å². The Hall–Kier alpha value is -0.590. The highest BCUT2D eigenvalue weighted by molar-refractivity contribution is 7.99. The van der Waals surface area contributed by atoms with Gasteiger partial charge in [0.2, 0.25) is 0 Å². The minimum atomic E-state index is -4.29. The van der Waals surface area contributed by atoms with Crippen LogP contribution >= 0.6 is 23.4 Å². The van der Waals surface area contributed by atoms with Crippen LogP contribution in [0.25, 0.3) is 0 Å². The van der Waals surface area contributed by atoms with Crippen molar-refractivity contribution in [2.45, 2.75) is 11.1 Å². The predicted octanol–water partition coefficient (Wildman–Crippen LogP) is 3.55. The van der Waals surface area contributed by atoms with Gasteiger partial charge in [0.1, 0.15) is 6.61 Å². The average molecular weight is 272 g/mol. The number of halogens is 4. The van der Waals surface area contributed by atoms with E-state index in [1.165, 1.54) is 0 Å². The van der Waals surface area contributed by atoms with E-state index in [1.807, 2.05) is 0 Å². The summed E-state index contributed by atoms with van der Waals surface area (Å²) in [6, 6.07) is 4.84. The van der Waals surface area contributed by atoms with Crippen molar-refractivity contribution in [1.82, 2.24) is 0 Å². The van der Waals surface area contributed by atoms with E-state index in [-0.39, 0.29) is 5.94 Å². The number of nitrogen functional groups attached to an aromatic ring is 1. The molecule has 0 spiro atoms. The van der Waals surface area contributed by atoms with E-state index in [0.717, 1.165) is 11.8 Å². The standard InChI is InChI=1S/C9H9ClF3NOS/c10-7-3-6(1-2-8(7)14)16-5-15-4-9(11,12)13/h1-3H,4-5,14H2. The van der Waals surface area contributed by atoms with Gasteiger partial charge in [-0.3, -0.25) is 0 Å². The lowest BCUT2D eigenvalue weighted by atomic mass is 10.3. The van der Waals surface area contributed by atoms with Crippen LogP contribution in [0.3, 0.4) is 0 Å². The first-order chi connectivity index (χ1) is 7.38. The number of alkyl halides is 3. The molecule has 0 fully saturated rings. The number of thioether (sulfide) groups is 1. The van der Waals surface area contributed by atoms with E-state index >= 15 is 0 Å². The molecule has 0 saturated heterocycles. The molecule has 7 heteroatoms. The first kappa shape index (κ1) is 13.5. The Morgan fingerprint density at radius 3 is 2.62 bits per heavy atom. The maximum atomic E-state index is 11.7. The van der Waals surface area contributed by atoms with E-state index in [2.05, 4.69) is 4.74 Å². The Labute approximate surface area is 99.9 Å². The molecule has 1 aromatic carbocycles. The minimum absolute atomic E-state index is 0.0836. The second-order valence-corrected chi connectivity index (χ2v) is 4.31. The molecule has 0 aromatic heterocycles. The summed E-state index contributed by atoms with van der Waals surface area (Å²) in [7, 11) is 0. The Kier molecular flexibility index (Phi) is 4.76. The topological polar surface area (TPSA) is 35.2 Å². The number of nitrogens with two attached hydrogens (primary N) is 1. The molecule has 0 atom stereocenters. The molecule has 2 N–H and O–H groups in total. The van der Waals surface area contributed by atoms with Gasteiger partial charge >= 0.3 is 6.18 Å². The largest absolute Gasteiger partial charge is 0.411 e. The molecule has 0 aliphatic carbocycles. The fourth-order valence-electron chi connectivity index (χ4n) is 0.865. The summed E-state index contributed by atoms with van der Waals surface area (Å²) >= 11 is 6.86.